The number of rotatable bonds is 8. The molecule has 2 aliphatic rings. The summed E-state index contributed by atoms with van der Waals surface area (Å²) in [7, 11) is 3.19. The molecule has 5 rings (SSSR count). The molecule has 1 N–H and O–H groups in total. The summed E-state index contributed by atoms with van der Waals surface area (Å²) in [5.41, 5.74) is 1.71. The summed E-state index contributed by atoms with van der Waals surface area (Å²) in [5.74, 6) is 2.30. The molecule has 39 heavy (non-hydrogen) atoms. The molecule has 0 bridgehead atoms. The second kappa shape index (κ2) is 11.8. The molecule has 0 atom stereocenters. The van der Waals surface area contributed by atoms with E-state index in [-0.39, 0.29) is 17.5 Å². The minimum absolute atomic E-state index is 0.208. The lowest BCUT2D eigenvalue weighted by atomic mass is 9.87. The number of hydrogen-bond donors (Lipinski definition) is 1. The molecule has 1 amide bonds. The Labute approximate surface area is 237 Å². The van der Waals surface area contributed by atoms with Crippen molar-refractivity contribution >= 4 is 51.7 Å². The lowest BCUT2D eigenvalue weighted by Crippen LogP contribution is -2.30. The van der Waals surface area contributed by atoms with E-state index in [0.717, 1.165) is 31.2 Å². The summed E-state index contributed by atoms with van der Waals surface area (Å²) >= 11 is 6.78. The van der Waals surface area contributed by atoms with Gasteiger partial charge in [0.15, 0.2) is 11.5 Å². The number of hydrogen-bond acceptors (Lipinski definition) is 8. The molecule has 1 saturated heterocycles. The summed E-state index contributed by atoms with van der Waals surface area (Å²) in [4.78, 5) is 33.8. The highest BCUT2D eigenvalue weighted by Gasteiger charge is 2.32. The average molecular weight is 565 g/mol. The smallest absolute Gasteiger partial charge is 0.267 e. The number of pyridine rings is 1. The van der Waals surface area contributed by atoms with Crippen molar-refractivity contribution < 1.29 is 14.3 Å². The number of carbonyl (C=O) groups is 1. The second-order valence-corrected chi connectivity index (χ2v) is 11.7. The highest BCUT2D eigenvalue weighted by Crippen LogP contribution is 2.34. The van der Waals surface area contributed by atoms with E-state index in [1.54, 1.807) is 37.5 Å². The summed E-state index contributed by atoms with van der Waals surface area (Å²) < 4.78 is 12.7. The predicted molar refractivity (Wildman–Crippen MR) is 160 cm³/mol. The van der Waals surface area contributed by atoms with Gasteiger partial charge in [0, 0.05) is 18.8 Å². The van der Waals surface area contributed by atoms with Crippen molar-refractivity contribution in [2.24, 2.45) is 5.92 Å². The minimum Gasteiger partial charge on any atom is -0.493 e. The summed E-state index contributed by atoms with van der Waals surface area (Å²) in [5, 5.41) is 3.52. The van der Waals surface area contributed by atoms with Crippen molar-refractivity contribution in [2.45, 2.75) is 45.1 Å². The number of aromatic nitrogens is 2. The fraction of sp³-hybridized carbons (Fsp3) is 0.379. The first-order valence-electron chi connectivity index (χ1n) is 13.1. The molecule has 10 heteroatoms. The highest BCUT2D eigenvalue weighted by molar-refractivity contribution is 8.26. The van der Waals surface area contributed by atoms with Crippen LogP contribution in [0.3, 0.4) is 0 Å². The van der Waals surface area contributed by atoms with Crippen LogP contribution in [0.25, 0.3) is 11.7 Å². The van der Waals surface area contributed by atoms with Crippen LogP contribution in [0, 0.1) is 5.92 Å². The number of amides is 1. The van der Waals surface area contributed by atoms with E-state index in [1.165, 1.54) is 16.2 Å². The summed E-state index contributed by atoms with van der Waals surface area (Å²) in [6.07, 6.45) is 8.26. The molecule has 1 saturated carbocycles. The summed E-state index contributed by atoms with van der Waals surface area (Å²) in [6.45, 7) is 2.69. The van der Waals surface area contributed by atoms with E-state index < -0.39 is 0 Å². The van der Waals surface area contributed by atoms with Gasteiger partial charge in [-0.05, 0) is 73.9 Å². The first-order chi connectivity index (χ1) is 18.9. The van der Waals surface area contributed by atoms with Gasteiger partial charge in [0.1, 0.15) is 15.8 Å². The topological polar surface area (TPSA) is 85.2 Å². The third-order valence-corrected chi connectivity index (χ3v) is 8.72. The average Bonchev–Trinajstić information content (AvgIpc) is 3.22. The molecular formula is C29H32N4O4S2. The van der Waals surface area contributed by atoms with Gasteiger partial charge in [-0.3, -0.25) is 18.9 Å². The predicted octanol–water partition coefficient (Wildman–Crippen LogP) is 5.15. The van der Waals surface area contributed by atoms with E-state index >= 15 is 0 Å². The number of benzene rings is 1. The third-order valence-electron chi connectivity index (χ3n) is 7.35. The van der Waals surface area contributed by atoms with E-state index in [0.29, 0.717) is 56.6 Å². The van der Waals surface area contributed by atoms with Crippen molar-refractivity contribution in [3.05, 3.63) is 69.0 Å². The largest absolute Gasteiger partial charge is 0.493 e. The lowest BCUT2D eigenvalue weighted by Gasteiger charge is -2.27. The number of carbonyl (C=O) groups excluding carboxylic acids is 1. The Bertz CT molecular complexity index is 1490. The Morgan fingerprint density at radius 1 is 1.10 bits per heavy atom. The number of nitrogens with one attached hydrogen (secondary N) is 1. The van der Waals surface area contributed by atoms with Crippen LogP contribution in [0.15, 0.2) is 52.3 Å². The molecule has 8 nitrogen and oxygen atoms in total. The van der Waals surface area contributed by atoms with Gasteiger partial charge >= 0.3 is 0 Å². The van der Waals surface area contributed by atoms with E-state index in [9.17, 15) is 9.59 Å². The third kappa shape index (κ3) is 5.81. The van der Waals surface area contributed by atoms with Crippen molar-refractivity contribution in [3.63, 3.8) is 0 Å². The Morgan fingerprint density at radius 2 is 1.87 bits per heavy atom. The molecule has 1 aromatic carbocycles. The molecule has 3 heterocycles. The van der Waals surface area contributed by atoms with Crippen LogP contribution in [-0.2, 0) is 11.2 Å². The number of thioether (sulfide) groups is 1. The fourth-order valence-corrected chi connectivity index (χ4v) is 6.33. The lowest BCUT2D eigenvalue weighted by molar-refractivity contribution is -0.122. The Hall–Kier alpha value is -3.37. The molecule has 0 unspecified atom stereocenters. The second-order valence-electron chi connectivity index (χ2n) is 9.98. The maximum Gasteiger partial charge on any atom is 0.267 e. The number of ether oxygens (including phenoxy) is 2. The Balaban J connectivity index is 1.41. The maximum atomic E-state index is 13.6. The quantitative estimate of drug-likeness (QED) is 0.297. The van der Waals surface area contributed by atoms with Gasteiger partial charge in [-0.15, -0.1) is 0 Å². The van der Waals surface area contributed by atoms with Crippen LogP contribution < -0.4 is 20.3 Å². The van der Waals surface area contributed by atoms with Gasteiger partial charge in [0.25, 0.3) is 11.5 Å². The first kappa shape index (κ1) is 27.2. The number of methoxy groups -OCH3 is 2. The van der Waals surface area contributed by atoms with Crippen LogP contribution >= 0.6 is 24.0 Å². The van der Waals surface area contributed by atoms with Gasteiger partial charge in [-0.1, -0.05) is 43.0 Å². The molecule has 204 valence electrons. The number of thiocarbonyl (C=S) groups is 1. The fourth-order valence-electron chi connectivity index (χ4n) is 5.04. The van der Waals surface area contributed by atoms with Gasteiger partial charge in [-0.2, -0.15) is 0 Å². The minimum atomic E-state index is -0.220. The van der Waals surface area contributed by atoms with Crippen LogP contribution in [0.1, 0.15) is 43.7 Å². The number of nitrogens with zero attached hydrogens (tertiary/aromatic N) is 3. The highest BCUT2D eigenvalue weighted by atomic mass is 32.2. The molecule has 2 aromatic heterocycles. The van der Waals surface area contributed by atoms with Crippen molar-refractivity contribution in [3.8, 4) is 11.5 Å². The van der Waals surface area contributed by atoms with Crippen LogP contribution in [0.5, 0.6) is 11.5 Å². The van der Waals surface area contributed by atoms with Gasteiger partial charge in [-0.25, -0.2) is 4.98 Å². The van der Waals surface area contributed by atoms with E-state index in [1.807, 2.05) is 30.3 Å². The number of fused-ring (bicyclic) bond motifs is 1. The molecule has 1 aliphatic carbocycles. The SMILES string of the molecule is COc1ccc(CCN2C(=O)/C(=C\c3c(NC4CCC(C)CC4)nc4ccccn4c3=O)SC2=S)cc1OC. The van der Waals surface area contributed by atoms with Gasteiger partial charge in [0.05, 0.1) is 24.7 Å². The molecule has 0 spiro atoms. The van der Waals surface area contributed by atoms with Crippen LogP contribution in [0.2, 0.25) is 0 Å². The van der Waals surface area contributed by atoms with Crippen LogP contribution in [-0.4, -0.2) is 51.3 Å². The molecule has 2 fully saturated rings. The maximum absolute atomic E-state index is 13.6. The van der Waals surface area contributed by atoms with E-state index in [2.05, 4.69) is 12.2 Å². The molecular weight excluding hydrogens is 532 g/mol. The molecule has 1 aliphatic heterocycles. The van der Waals surface area contributed by atoms with Crippen molar-refractivity contribution in [2.75, 3.05) is 26.1 Å². The zero-order valence-corrected chi connectivity index (χ0v) is 23.9. The zero-order chi connectivity index (χ0) is 27.5. The van der Waals surface area contributed by atoms with Crippen molar-refractivity contribution in [1.29, 1.82) is 0 Å². The van der Waals surface area contributed by atoms with Crippen molar-refractivity contribution in [1.82, 2.24) is 14.3 Å². The van der Waals surface area contributed by atoms with Crippen LogP contribution in [0.4, 0.5) is 5.82 Å². The molecule has 0 radical (unpaired) electrons. The Morgan fingerprint density at radius 3 is 2.62 bits per heavy atom. The van der Waals surface area contributed by atoms with Gasteiger partial charge < -0.3 is 14.8 Å². The molecule has 3 aromatic rings. The van der Waals surface area contributed by atoms with Gasteiger partial charge in [0.2, 0.25) is 0 Å². The summed E-state index contributed by atoms with van der Waals surface area (Å²) in [6, 6.07) is 11.4. The van der Waals surface area contributed by atoms with E-state index in [4.69, 9.17) is 26.7 Å². The number of anilines is 1. The first-order valence-corrected chi connectivity index (χ1v) is 14.3. The zero-order valence-electron chi connectivity index (χ0n) is 22.3. The monoisotopic (exact) mass is 564 g/mol. The Kier molecular flexibility index (Phi) is 8.23. The normalized spacial score (nSPS) is 20.6. The standard InChI is InChI=1S/C29H32N4O4S2/c1-18-7-10-20(11-8-18)30-26-21(27(34)32-14-5-4-6-25(32)31-26)17-24-28(35)33(29(38)39-24)15-13-19-9-12-22(36-2)23(16-19)37-3/h4-6,9,12,14,16-18,20,30H,7-8,10-11,13,15H2,1-3H3/b24-17+.